The maximum absolute atomic E-state index is 11.9. The monoisotopic (exact) mass is 305 g/mol. The summed E-state index contributed by atoms with van der Waals surface area (Å²) in [6.07, 6.45) is 3.48. The molecule has 0 spiro atoms. The van der Waals surface area contributed by atoms with Gasteiger partial charge in [-0.25, -0.2) is 4.79 Å². The highest BCUT2D eigenvalue weighted by Crippen LogP contribution is 2.28. The number of carboxylic acids is 1. The summed E-state index contributed by atoms with van der Waals surface area (Å²) in [5, 5.41) is 12.4. The van der Waals surface area contributed by atoms with Crippen LogP contribution >= 0.6 is 11.6 Å². The summed E-state index contributed by atoms with van der Waals surface area (Å²) in [5.41, 5.74) is -0.632. The van der Waals surface area contributed by atoms with E-state index in [1.807, 2.05) is 0 Å². The minimum absolute atomic E-state index is 0.446. The lowest BCUT2D eigenvalue weighted by Crippen LogP contribution is -2.55. The largest absolute Gasteiger partial charge is 0.480 e. The fourth-order valence-electron chi connectivity index (χ4n) is 2.48. The van der Waals surface area contributed by atoms with Crippen LogP contribution in [0.5, 0.6) is 0 Å². The van der Waals surface area contributed by atoms with Crippen LogP contribution in [0.1, 0.15) is 37.7 Å². The van der Waals surface area contributed by atoms with E-state index in [2.05, 4.69) is 17.2 Å². The van der Waals surface area contributed by atoms with E-state index in [1.54, 1.807) is 24.3 Å². The second kappa shape index (κ2) is 6.64. The molecule has 1 aliphatic carbocycles. The molecule has 1 aromatic rings. The van der Waals surface area contributed by atoms with Gasteiger partial charge in [0.05, 0.1) is 5.02 Å². The van der Waals surface area contributed by atoms with Gasteiger partial charge < -0.3 is 10.4 Å². The number of hydrogen-bond donors (Lipinski definition) is 2. The number of amides is 1. The predicted molar refractivity (Wildman–Crippen MR) is 79.9 cm³/mol. The molecular weight excluding hydrogens is 290 g/mol. The smallest absolute Gasteiger partial charge is 0.329 e. The summed E-state index contributed by atoms with van der Waals surface area (Å²) in [6.45, 7) is 0. The quantitative estimate of drug-likeness (QED) is 0.825. The van der Waals surface area contributed by atoms with Crippen LogP contribution in [0.4, 0.5) is 0 Å². The number of rotatable bonds is 2. The molecule has 0 heterocycles. The van der Waals surface area contributed by atoms with Crippen LogP contribution in [0.15, 0.2) is 24.3 Å². The fourth-order valence-corrected chi connectivity index (χ4v) is 2.67. The molecule has 0 aromatic heterocycles. The Hall–Kier alpha value is -1.99. The molecule has 0 bridgehead atoms. The Kier molecular flexibility index (Phi) is 4.87. The highest BCUT2D eigenvalue weighted by molar-refractivity contribution is 6.31. The third-order valence-corrected chi connectivity index (χ3v) is 3.98. The number of carboxylic acid groups (broad SMARTS) is 1. The molecule has 5 heteroatoms. The van der Waals surface area contributed by atoms with Crippen molar-refractivity contribution in [3.63, 3.8) is 0 Å². The first-order chi connectivity index (χ1) is 10.0. The molecule has 0 aliphatic heterocycles. The van der Waals surface area contributed by atoms with Crippen LogP contribution in [-0.2, 0) is 9.59 Å². The van der Waals surface area contributed by atoms with Crippen molar-refractivity contribution in [2.75, 3.05) is 0 Å². The maximum Gasteiger partial charge on any atom is 0.329 e. The normalized spacial score (nSPS) is 16.4. The van der Waals surface area contributed by atoms with E-state index in [1.165, 1.54) is 0 Å². The van der Waals surface area contributed by atoms with Crippen LogP contribution in [-0.4, -0.2) is 22.5 Å². The molecule has 21 heavy (non-hydrogen) atoms. The second-order valence-corrected chi connectivity index (χ2v) is 5.54. The van der Waals surface area contributed by atoms with Gasteiger partial charge in [-0.15, -0.1) is 0 Å². The number of hydrogen-bond acceptors (Lipinski definition) is 2. The number of carbonyl (C=O) groups excluding carboxylic acids is 1. The molecule has 4 nitrogen and oxygen atoms in total. The van der Waals surface area contributed by atoms with Crippen LogP contribution in [0.3, 0.4) is 0 Å². The molecule has 2 N–H and O–H groups in total. The van der Waals surface area contributed by atoms with Crippen molar-refractivity contribution in [3.8, 4) is 11.8 Å². The molecule has 0 unspecified atom stereocenters. The van der Waals surface area contributed by atoms with Crippen LogP contribution in [0.2, 0.25) is 5.02 Å². The summed E-state index contributed by atoms with van der Waals surface area (Å²) in [5.74, 6) is 3.52. The van der Waals surface area contributed by atoms with Gasteiger partial charge in [0.25, 0.3) is 5.91 Å². The van der Waals surface area contributed by atoms with E-state index in [0.717, 1.165) is 19.3 Å². The molecule has 1 fully saturated rings. The predicted octanol–water partition coefficient (Wildman–Crippen LogP) is 2.60. The van der Waals surface area contributed by atoms with Crippen LogP contribution < -0.4 is 5.32 Å². The Morgan fingerprint density at radius 1 is 1.19 bits per heavy atom. The SMILES string of the molecule is O=C(C#Cc1ccccc1Cl)NC1(C(=O)O)CCCCC1. The third-order valence-electron chi connectivity index (χ3n) is 3.65. The molecule has 110 valence electrons. The van der Waals surface area contributed by atoms with Crippen molar-refractivity contribution in [2.24, 2.45) is 0 Å². The van der Waals surface area contributed by atoms with E-state index in [0.29, 0.717) is 23.4 Å². The van der Waals surface area contributed by atoms with Gasteiger partial charge in [-0.1, -0.05) is 48.9 Å². The van der Waals surface area contributed by atoms with E-state index in [9.17, 15) is 14.7 Å². The first-order valence-electron chi connectivity index (χ1n) is 6.86. The molecule has 0 radical (unpaired) electrons. The highest BCUT2D eigenvalue weighted by Gasteiger charge is 2.40. The zero-order valence-corrected chi connectivity index (χ0v) is 12.2. The minimum atomic E-state index is -1.18. The first kappa shape index (κ1) is 15.4. The van der Waals surface area contributed by atoms with Gasteiger partial charge in [0.1, 0.15) is 5.54 Å². The van der Waals surface area contributed by atoms with E-state index in [-0.39, 0.29) is 0 Å². The second-order valence-electron chi connectivity index (χ2n) is 5.13. The van der Waals surface area contributed by atoms with Crippen molar-refractivity contribution >= 4 is 23.5 Å². The highest BCUT2D eigenvalue weighted by atomic mass is 35.5. The summed E-state index contributed by atoms with van der Waals surface area (Å²) >= 11 is 5.95. The standard InChI is InChI=1S/C16H16ClNO3/c17-13-7-3-2-6-12(13)8-9-14(19)18-16(15(20)21)10-4-1-5-11-16/h2-3,6-7H,1,4-5,10-11H2,(H,18,19)(H,20,21). The molecule has 1 aromatic carbocycles. The number of nitrogens with one attached hydrogen (secondary N) is 1. The zero-order valence-electron chi connectivity index (χ0n) is 11.5. The summed E-state index contributed by atoms with van der Waals surface area (Å²) in [7, 11) is 0. The molecule has 1 saturated carbocycles. The third kappa shape index (κ3) is 3.77. The Morgan fingerprint density at radius 3 is 2.48 bits per heavy atom. The van der Waals surface area contributed by atoms with E-state index >= 15 is 0 Å². The summed E-state index contributed by atoms with van der Waals surface area (Å²) in [6, 6.07) is 6.93. The first-order valence-corrected chi connectivity index (χ1v) is 7.23. The van der Waals surface area contributed by atoms with Gasteiger partial charge in [-0.2, -0.15) is 0 Å². The fraction of sp³-hybridized carbons (Fsp3) is 0.375. The van der Waals surface area contributed by atoms with Gasteiger partial charge in [0, 0.05) is 11.5 Å². The van der Waals surface area contributed by atoms with Gasteiger partial charge in [-0.3, -0.25) is 4.79 Å². The minimum Gasteiger partial charge on any atom is -0.480 e. The number of aliphatic carboxylic acids is 1. The van der Waals surface area contributed by atoms with Gasteiger partial charge in [0.15, 0.2) is 0 Å². The average Bonchev–Trinajstić information content (AvgIpc) is 2.47. The number of benzene rings is 1. The van der Waals surface area contributed by atoms with E-state index in [4.69, 9.17) is 11.6 Å². The van der Waals surface area contributed by atoms with Crippen molar-refractivity contribution in [2.45, 2.75) is 37.6 Å². The molecule has 1 aliphatic rings. The number of halogens is 1. The number of carbonyl (C=O) groups is 2. The molecule has 0 atom stereocenters. The van der Waals surface area contributed by atoms with Crippen LogP contribution in [0.25, 0.3) is 0 Å². The lowest BCUT2D eigenvalue weighted by molar-refractivity contribution is -0.148. The Labute approximate surface area is 128 Å². The van der Waals surface area contributed by atoms with Gasteiger partial charge >= 0.3 is 5.97 Å². The topological polar surface area (TPSA) is 66.4 Å². The molecule has 2 rings (SSSR count). The van der Waals surface area contributed by atoms with Crippen molar-refractivity contribution in [3.05, 3.63) is 34.9 Å². The van der Waals surface area contributed by atoms with Gasteiger partial charge in [0.2, 0.25) is 0 Å². The molecule has 1 amide bonds. The summed E-state index contributed by atoms with van der Waals surface area (Å²) in [4.78, 5) is 23.4. The average molecular weight is 306 g/mol. The Balaban J connectivity index is 2.11. The lowest BCUT2D eigenvalue weighted by atomic mass is 9.81. The zero-order chi connectivity index (χ0) is 15.3. The Morgan fingerprint density at radius 2 is 1.86 bits per heavy atom. The molecular formula is C16H16ClNO3. The lowest BCUT2D eigenvalue weighted by Gasteiger charge is -2.33. The molecule has 0 saturated heterocycles. The van der Waals surface area contributed by atoms with E-state index < -0.39 is 17.4 Å². The van der Waals surface area contributed by atoms with Crippen molar-refractivity contribution < 1.29 is 14.7 Å². The van der Waals surface area contributed by atoms with Gasteiger partial charge in [-0.05, 0) is 25.0 Å². The Bertz CT molecular complexity index is 609. The summed E-state index contributed by atoms with van der Waals surface area (Å²) < 4.78 is 0. The van der Waals surface area contributed by atoms with Crippen LogP contribution in [0, 0.1) is 11.8 Å². The van der Waals surface area contributed by atoms with Crippen molar-refractivity contribution in [1.29, 1.82) is 0 Å². The maximum atomic E-state index is 11.9. The van der Waals surface area contributed by atoms with Crippen molar-refractivity contribution in [1.82, 2.24) is 5.32 Å².